The van der Waals surface area contributed by atoms with Gasteiger partial charge < -0.3 is 15.5 Å². The van der Waals surface area contributed by atoms with Gasteiger partial charge in [-0.2, -0.15) is 0 Å². The molecule has 4 nitrogen and oxygen atoms in total. The molecule has 0 fully saturated rings. The molecular formula is C14H11F2NO3. The second kappa shape index (κ2) is 5.56. The fraction of sp³-hybridized carbons (Fsp3) is 0.0714. The Bertz CT molecular complexity index is 659. The van der Waals surface area contributed by atoms with Crippen molar-refractivity contribution in [3.05, 3.63) is 59.2 Å². The summed E-state index contributed by atoms with van der Waals surface area (Å²) >= 11 is 0. The molecule has 0 radical (unpaired) electrons. The van der Waals surface area contributed by atoms with Gasteiger partial charge in [0.15, 0.2) is 0 Å². The summed E-state index contributed by atoms with van der Waals surface area (Å²) in [4.78, 5) is 10.8. The number of halogens is 2. The number of phenolic OH excluding ortho intramolecular Hbond substituents is 1. The second-order valence-electron chi connectivity index (χ2n) is 4.13. The summed E-state index contributed by atoms with van der Waals surface area (Å²) in [5, 5.41) is 21.1. The minimum Gasteiger partial charge on any atom is -0.508 e. The number of phenols is 1. The van der Waals surface area contributed by atoms with Crippen molar-refractivity contribution < 1.29 is 23.8 Å². The molecule has 0 aliphatic carbocycles. The lowest BCUT2D eigenvalue weighted by atomic mass is 10.1. The van der Waals surface area contributed by atoms with Gasteiger partial charge in [-0.05, 0) is 36.4 Å². The predicted octanol–water partition coefficient (Wildman–Crippen LogP) is 2.98. The third-order valence-corrected chi connectivity index (χ3v) is 2.72. The maximum Gasteiger partial charge on any atom is 0.338 e. The topological polar surface area (TPSA) is 69.6 Å². The molecule has 6 heteroatoms. The first-order valence-electron chi connectivity index (χ1n) is 5.71. The van der Waals surface area contributed by atoms with E-state index in [0.29, 0.717) is 11.3 Å². The molecule has 0 aromatic heterocycles. The van der Waals surface area contributed by atoms with Crippen LogP contribution in [0, 0.1) is 11.6 Å². The van der Waals surface area contributed by atoms with Gasteiger partial charge in [-0.1, -0.05) is 0 Å². The van der Waals surface area contributed by atoms with E-state index in [2.05, 4.69) is 5.32 Å². The number of nitrogens with one attached hydrogen (secondary N) is 1. The number of rotatable bonds is 4. The molecule has 0 saturated heterocycles. The van der Waals surface area contributed by atoms with Crippen LogP contribution in [0.2, 0.25) is 0 Å². The fourth-order valence-electron chi connectivity index (χ4n) is 1.69. The van der Waals surface area contributed by atoms with Gasteiger partial charge in [0.2, 0.25) is 0 Å². The summed E-state index contributed by atoms with van der Waals surface area (Å²) < 4.78 is 26.2. The number of aromatic carboxylic acids is 1. The lowest BCUT2D eigenvalue weighted by Crippen LogP contribution is -2.04. The highest BCUT2D eigenvalue weighted by Crippen LogP contribution is 2.20. The largest absolute Gasteiger partial charge is 0.508 e. The van der Waals surface area contributed by atoms with Crippen molar-refractivity contribution in [1.82, 2.24) is 0 Å². The zero-order valence-electron chi connectivity index (χ0n) is 10.2. The SMILES string of the molecule is O=C(O)c1cc(NCc2cc(F)ccc2O)ccc1F. The molecule has 104 valence electrons. The minimum atomic E-state index is -1.38. The van der Waals surface area contributed by atoms with E-state index in [1.165, 1.54) is 12.1 Å². The zero-order valence-corrected chi connectivity index (χ0v) is 10.2. The third-order valence-electron chi connectivity index (χ3n) is 2.72. The summed E-state index contributed by atoms with van der Waals surface area (Å²) in [6.07, 6.45) is 0. The Labute approximate surface area is 113 Å². The summed E-state index contributed by atoms with van der Waals surface area (Å²) in [5.41, 5.74) is 0.206. The molecule has 0 unspecified atom stereocenters. The van der Waals surface area contributed by atoms with Crippen LogP contribution in [0.5, 0.6) is 5.75 Å². The van der Waals surface area contributed by atoms with Crippen molar-refractivity contribution in [1.29, 1.82) is 0 Å². The first kappa shape index (κ1) is 13.8. The molecule has 2 rings (SSSR count). The maximum absolute atomic E-state index is 13.2. The van der Waals surface area contributed by atoms with Crippen LogP contribution in [0.1, 0.15) is 15.9 Å². The molecule has 0 bridgehead atoms. The number of carboxylic acids is 1. The molecule has 0 spiro atoms. The molecular weight excluding hydrogens is 268 g/mol. The number of benzene rings is 2. The van der Waals surface area contributed by atoms with Gasteiger partial charge in [-0.15, -0.1) is 0 Å². The van der Waals surface area contributed by atoms with E-state index < -0.39 is 23.2 Å². The van der Waals surface area contributed by atoms with Gasteiger partial charge in [-0.25, -0.2) is 13.6 Å². The van der Waals surface area contributed by atoms with E-state index in [9.17, 15) is 18.7 Å². The number of aromatic hydroxyl groups is 1. The van der Waals surface area contributed by atoms with Crippen LogP contribution < -0.4 is 5.32 Å². The quantitative estimate of drug-likeness (QED) is 0.804. The molecule has 20 heavy (non-hydrogen) atoms. The van der Waals surface area contributed by atoms with Crippen molar-refractivity contribution in [2.75, 3.05) is 5.32 Å². The monoisotopic (exact) mass is 279 g/mol. The van der Waals surface area contributed by atoms with Crippen LogP contribution in [-0.4, -0.2) is 16.2 Å². The van der Waals surface area contributed by atoms with E-state index in [-0.39, 0.29) is 12.3 Å². The smallest absolute Gasteiger partial charge is 0.338 e. The predicted molar refractivity (Wildman–Crippen MR) is 68.8 cm³/mol. The highest BCUT2D eigenvalue weighted by atomic mass is 19.1. The first-order valence-corrected chi connectivity index (χ1v) is 5.71. The molecule has 2 aromatic rings. The normalized spacial score (nSPS) is 10.3. The van der Waals surface area contributed by atoms with Crippen LogP contribution in [0.15, 0.2) is 36.4 Å². The Balaban J connectivity index is 2.17. The molecule has 0 saturated carbocycles. The van der Waals surface area contributed by atoms with Crippen LogP contribution >= 0.6 is 0 Å². The highest BCUT2D eigenvalue weighted by Gasteiger charge is 2.11. The number of anilines is 1. The Kier molecular flexibility index (Phi) is 3.84. The summed E-state index contributed by atoms with van der Waals surface area (Å²) in [6, 6.07) is 7.02. The van der Waals surface area contributed by atoms with Gasteiger partial charge in [0, 0.05) is 17.8 Å². The highest BCUT2D eigenvalue weighted by molar-refractivity contribution is 5.89. The van der Waals surface area contributed by atoms with Gasteiger partial charge >= 0.3 is 5.97 Å². The zero-order chi connectivity index (χ0) is 14.7. The van der Waals surface area contributed by atoms with Gasteiger partial charge in [-0.3, -0.25) is 0 Å². The van der Waals surface area contributed by atoms with Gasteiger partial charge in [0.25, 0.3) is 0 Å². The Morgan fingerprint density at radius 3 is 2.60 bits per heavy atom. The van der Waals surface area contributed by atoms with E-state index in [4.69, 9.17) is 5.11 Å². The Morgan fingerprint density at radius 2 is 1.90 bits per heavy atom. The maximum atomic E-state index is 13.2. The van der Waals surface area contributed by atoms with Crippen molar-refractivity contribution in [2.24, 2.45) is 0 Å². The molecule has 0 amide bonds. The average Bonchev–Trinajstić information content (AvgIpc) is 2.41. The lowest BCUT2D eigenvalue weighted by molar-refractivity contribution is 0.0692. The van der Waals surface area contributed by atoms with Crippen molar-refractivity contribution in [2.45, 2.75) is 6.54 Å². The first-order chi connectivity index (χ1) is 9.47. The average molecular weight is 279 g/mol. The number of hydrogen-bond donors (Lipinski definition) is 3. The van der Waals surface area contributed by atoms with E-state index >= 15 is 0 Å². The van der Waals surface area contributed by atoms with Crippen molar-refractivity contribution in [3.8, 4) is 5.75 Å². The fourth-order valence-corrected chi connectivity index (χ4v) is 1.69. The summed E-state index contributed by atoms with van der Waals surface area (Å²) in [6.45, 7) is 0.0777. The third kappa shape index (κ3) is 3.03. The van der Waals surface area contributed by atoms with Crippen LogP contribution in [0.4, 0.5) is 14.5 Å². The molecule has 3 N–H and O–H groups in total. The standard InChI is InChI=1S/C14H11F2NO3/c15-9-1-4-13(18)8(5-9)7-17-10-2-3-12(16)11(6-10)14(19)20/h1-6,17-18H,7H2,(H,19,20). The van der Waals surface area contributed by atoms with Crippen molar-refractivity contribution in [3.63, 3.8) is 0 Å². The lowest BCUT2D eigenvalue weighted by Gasteiger charge is -2.09. The number of carboxylic acid groups (broad SMARTS) is 1. The molecule has 0 heterocycles. The molecule has 0 atom stereocenters. The van der Waals surface area contributed by atoms with Gasteiger partial charge in [0.1, 0.15) is 17.4 Å². The van der Waals surface area contributed by atoms with Crippen LogP contribution in [0.3, 0.4) is 0 Å². The van der Waals surface area contributed by atoms with Crippen LogP contribution in [-0.2, 0) is 6.54 Å². The van der Waals surface area contributed by atoms with Crippen LogP contribution in [0.25, 0.3) is 0 Å². The molecule has 0 aliphatic rings. The number of carbonyl (C=O) groups is 1. The van der Waals surface area contributed by atoms with E-state index in [1.54, 1.807) is 0 Å². The van der Waals surface area contributed by atoms with Crippen molar-refractivity contribution >= 4 is 11.7 Å². The van der Waals surface area contributed by atoms with Gasteiger partial charge in [0.05, 0.1) is 5.56 Å². The summed E-state index contributed by atoms with van der Waals surface area (Å²) in [5.74, 6) is -2.79. The second-order valence-corrected chi connectivity index (χ2v) is 4.13. The molecule has 2 aromatic carbocycles. The van der Waals surface area contributed by atoms with E-state index in [0.717, 1.165) is 24.3 Å². The Morgan fingerprint density at radius 1 is 1.15 bits per heavy atom. The minimum absolute atomic E-state index is 0.0777. The Hall–Kier alpha value is -2.63. The molecule has 0 aliphatic heterocycles. The summed E-state index contributed by atoms with van der Waals surface area (Å²) in [7, 11) is 0. The van der Waals surface area contributed by atoms with E-state index in [1.807, 2.05) is 0 Å². The number of hydrogen-bond acceptors (Lipinski definition) is 3.